The van der Waals surface area contributed by atoms with E-state index in [9.17, 15) is 22.8 Å². The Balaban J connectivity index is 2.28. The van der Waals surface area contributed by atoms with Crippen molar-refractivity contribution in [1.82, 2.24) is 15.3 Å². The lowest BCUT2D eigenvalue weighted by Gasteiger charge is -2.21. The number of methoxy groups -OCH3 is 1. The van der Waals surface area contributed by atoms with Crippen molar-refractivity contribution >= 4 is 5.91 Å². The van der Waals surface area contributed by atoms with Gasteiger partial charge in [0, 0.05) is 30.2 Å². The van der Waals surface area contributed by atoms with Gasteiger partial charge in [0.15, 0.2) is 11.8 Å². The number of alkyl halides is 3. The molecular weight excluding hydrogens is 315 g/mol. The maximum absolute atomic E-state index is 13.1. The molecule has 2 aromatic heterocycles. The summed E-state index contributed by atoms with van der Waals surface area (Å²) >= 11 is 0. The first kappa shape index (κ1) is 16.5. The monoisotopic (exact) mass is 327 g/mol. The van der Waals surface area contributed by atoms with E-state index in [0.29, 0.717) is 0 Å². The van der Waals surface area contributed by atoms with Crippen molar-refractivity contribution in [3.63, 3.8) is 0 Å². The Bertz CT molecular complexity index is 744. The smallest absolute Gasteiger partial charge is 0.412 e. The van der Waals surface area contributed by atoms with E-state index in [-0.39, 0.29) is 17.0 Å². The topological polar surface area (TPSA) is 84.1 Å². The number of carbonyl (C=O) groups excluding carboxylic acids is 1. The fourth-order valence-electron chi connectivity index (χ4n) is 1.86. The molecule has 2 N–H and O–H groups in total. The lowest BCUT2D eigenvalue weighted by molar-refractivity contribution is -0.155. The van der Waals surface area contributed by atoms with Gasteiger partial charge < -0.3 is 15.0 Å². The molecule has 0 spiro atoms. The zero-order chi connectivity index (χ0) is 17.0. The highest BCUT2D eigenvalue weighted by molar-refractivity contribution is 5.92. The van der Waals surface area contributed by atoms with Crippen LogP contribution in [0.2, 0.25) is 0 Å². The number of carbonyl (C=O) groups is 1. The SMILES string of the molecule is COc1c[nH]c(C(=O)N[C@@H](c2cccnc2)C(F)(F)F)cc1=O. The third-order valence-electron chi connectivity index (χ3n) is 2.96. The summed E-state index contributed by atoms with van der Waals surface area (Å²) in [6.45, 7) is 0. The van der Waals surface area contributed by atoms with Crippen LogP contribution in [0.5, 0.6) is 5.75 Å². The number of aromatic amines is 1. The van der Waals surface area contributed by atoms with E-state index in [1.165, 1.54) is 25.4 Å². The number of pyridine rings is 2. The van der Waals surface area contributed by atoms with Gasteiger partial charge in [-0.3, -0.25) is 14.6 Å². The Hall–Kier alpha value is -2.84. The highest BCUT2D eigenvalue weighted by Crippen LogP contribution is 2.32. The first-order valence-corrected chi connectivity index (χ1v) is 6.37. The summed E-state index contributed by atoms with van der Waals surface area (Å²) in [5, 5.41) is 1.84. The fraction of sp³-hybridized carbons (Fsp3) is 0.214. The van der Waals surface area contributed by atoms with Gasteiger partial charge in [0.25, 0.3) is 5.91 Å². The number of nitrogens with one attached hydrogen (secondary N) is 2. The molecule has 23 heavy (non-hydrogen) atoms. The van der Waals surface area contributed by atoms with Crippen molar-refractivity contribution in [2.45, 2.75) is 12.2 Å². The van der Waals surface area contributed by atoms with E-state index < -0.39 is 23.6 Å². The van der Waals surface area contributed by atoms with Gasteiger partial charge in [-0.25, -0.2) is 0 Å². The molecule has 0 aliphatic carbocycles. The van der Waals surface area contributed by atoms with Gasteiger partial charge >= 0.3 is 6.18 Å². The maximum Gasteiger partial charge on any atom is 0.412 e. The van der Waals surface area contributed by atoms with Crippen LogP contribution >= 0.6 is 0 Å². The fourth-order valence-corrected chi connectivity index (χ4v) is 1.86. The summed E-state index contributed by atoms with van der Waals surface area (Å²) in [5.74, 6) is -1.13. The second kappa shape index (κ2) is 6.51. The van der Waals surface area contributed by atoms with Crippen molar-refractivity contribution in [2.75, 3.05) is 7.11 Å². The summed E-state index contributed by atoms with van der Waals surface area (Å²) in [7, 11) is 1.26. The van der Waals surface area contributed by atoms with Gasteiger partial charge in [0.1, 0.15) is 5.69 Å². The van der Waals surface area contributed by atoms with Crippen LogP contribution < -0.4 is 15.5 Å². The van der Waals surface area contributed by atoms with Crippen molar-refractivity contribution < 1.29 is 22.7 Å². The predicted molar refractivity (Wildman–Crippen MR) is 74.1 cm³/mol. The quantitative estimate of drug-likeness (QED) is 0.897. The zero-order valence-corrected chi connectivity index (χ0v) is 11.8. The molecule has 0 aliphatic rings. The molecule has 2 aromatic rings. The molecule has 9 heteroatoms. The minimum Gasteiger partial charge on any atom is -0.491 e. The summed E-state index contributed by atoms with van der Waals surface area (Å²) in [5.41, 5.74) is -1.15. The molecule has 1 amide bonds. The number of halogens is 3. The summed E-state index contributed by atoms with van der Waals surface area (Å²) in [4.78, 5) is 29.6. The molecule has 0 aromatic carbocycles. The number of H-pyrrole nitrogens is 1. The van der Waals surface area contributed by atoms with Crippen LogP contribution in [-0.2, 0) is 0 Å². The number of amides is 1. The number of hydrogen-bond donors (Lipinski definition) is 2. The zero-order valence-electron chi connectivity index (χ0n) is 11.8. The molecule has 6 nitrogen and oxygen atoms in total. The molecule has 0 fully saturated rings. The summed E-state index contributed by atoms with van der Waals surface area (Å²) in [6, 6.07) is 1.15. The van der Waals surface area contributed by atoms with Crippen LogP contribution in [0, 0.1) is 0 Å². The molecule has 2 heterocycles. The Morgan fingerprint density at radius 3 is 2.70 bits per heavy atom. The predicted octanol–water partition coefficient (Wildman–Crippen LogP) is 1.81. The molecule has 0 bridgehead atoms. The van der Waals surface area contributed by atoms with Crippen molar-refractivity contribution in [2.24, 2.45) is 0 Å². The standard InChI is InChI=1S/C14H12F3N3O3/c1-23-11-7-19-9(5-10(11)21)13(22)20-12(14(15,16)17)8-3-2-4-18-6-8/h2-7,12H,1H3,(H,19,21)(H,20,22)/t12-/m0/s1. The van der Waals surface area contributed by atoms with Gasteiger partial charge in [-0.2, -0.15) is 13.2 Å². The lowest BCUT2D eigenvalue weighted by Crippen LogP contribution is -2.38. The third kappa shape index (κ3) is 3.87. The molecule has 0 saturated carbocycles. The van der Waals surface area contributed by atoms with Gasteiger partial charge in [0.05, 0.1) is 7.11 Å². The van der Waals surface area contributed by atoms with Crippen molar-refractivity contribution in [3.05, 3.63) is 58.3 Å². The Morgan fingerprint density at radius 2 is 2.17 bits per heavy atom. The van der Waals surface area contributed by atoms with Gasteiger partial charge in [-0.1, -0.05) is 6.07 Å². The van der Waals surface area contributed by atoms with Crippen LogP contribution in [-0.4, -0.2) is 29.2 Å². The Kier molecular flexibility index (Phi) is 4.68. The number of aromatic nitrogens is 2. The second-order valence-electron chi connectivity index (χ2n) is 4.51. The first-order valence-electron chi connectivity index (χ1n) is 6.37. The molecular formula is C14H12F3N3O3. The number of hydrogen-bond acceptors (Lipinski definition) is 4. The van der Waals surface area contributed by atoms with Gasteiger partial charge in [0.2, 0.25) is 5.43 Å². The molecule has 0 unspecified atom stereocenters. The largest absolute Gasteiger partial charge is 0.491 e. The molecule has 122 valence electrons. The third-order valence-corrected chi connectivity index (χ3v) is 2.96. The molecule has 0 radical (unpaired) electrons. The second-order valence-corrected chi connectivity index (χ2v) is 4.51. The lowest BCUT2D eigenvalue weighted by atomic mass is 10.1. The Labute approximate surface area is 128 Å². The normalized spacial score (nSPS) is 12.5. The number of nitrogens with zero attached hydrogens (tertiary/aromatic N) is 1. The highest BCUT2D eigenvalue weighted by atomic mass is 19.4. The van der Waals surface area contributed by atoms with E-state index in [4.69, 9.17) is 4.74 Å². The maximum atomic E-state index is 13.1. The van der Waals surface area contributed by atoms with E-state index in [2.05, 4.69) is 9.97 Å². The molecule has 2 rings (SSSR count). The molecule has 0 aliphatic heterocycles. The molecule has 1 atom stereocenters. The van der Waals surface area contributed by atoms with E-state index >= 15 is 0 Å². The van der Waals surface area contributed by atoms with Gasteiger partial charge in [-0.15, -0.1) is 0 Å². The average molecular weight is 327 g/mol. The summed E-state index contributed by atoms with van der Waals surface area (Å²) < 4.78 is 44.2. The van der Waals surface area contributed by atoms with Crippen molar-refractivity contribution in [3.8, 4) is 5.75 Å². The van der Waals surface area contributed by atoms with Crippen LogP contribution in [0.4, 0.5) is 13.2 Å². The van der Waals surface area contributed by atoms with E-state index in [1.54, 1.807) is 0 Å². The van der Waals surface area contributed by atoms with E-state index in [0.717, 1.165) is 18.5 Å². The first-order chi connectivity index (χ1) is 10.8. The number of ether oxygens (including phenoxy) is 1. The summed E-state index contributed by atoms with van der Waals surface area (Å²) in [6.07, 6.45) is -1.29. The minimum atomic E-state index is -4.72. The van der Waals surface area contributed by atoms with Crippen LogP contribution in [0.1, 0.15) is 22.1 Å². The van der Waals surface area contributed by atoms with Crippen LogP contribution in [0.3, 0.4) is 0 Å². The Morgan fingerprint density at radius 1 is 1.43 bits per heavy atom. The van der Waals surface area contributed by atoms with Crippen molar-refractivity contribution in [1.29, 1.82) is 0 Å². The average Bonchev–Trinajstić information content (AvgIpc) is 2.52. The molecule has 0 saturated heterocycles. The minimum absolute atomic E-state index is 0.0545. The van der Waals surface area contributed by atoms with Crippen LogP contribution in [0.25, 0.3) is 0 Å². The highest BCUT2D eigenvalue weighted by Gasteiger charge is 2.42. The van der Waals surface area contributed by atoms with Gasteiger partial charge in [-0.05, 0) is 6.07 Å². The van der Waals surface area contributed by atoms with Crippen LogP contribution in [0.15, 0.2) is 41.6 Å². The van der Waals surface area contributed by atoms with E-state index in [1.807, 2.05) is 5.32 Å². The number of rotatable bonds is 4.